The van der Waals surface area contributed by atoms with Crippen molar-refractivity contribution in [2.75, 3.05) is 19.0 Å². The molecule has 0 radical (unpaired) electrons. The first-order chi connectivity index (χ1) is 10.5. The van der Waals surface area contributed by atoms with E-state index in [4.69, 9.17) is 9.47 Å². The third-order valence-electron chi connectivity index (χ3n) is 2.93. The maximum absolute atomic E-state index is 12.3. The predicted octanol–water partition coefficient (Wildman–Crippen LogP) is 3.81. The maximum Gasteiger partial charge on any atom is 0.256 e. The monoisotopic (exact) mass is 364 g/mol. The summed E-state index contributed by atoms with van der Waals surface area (Å²) in [5, 5.41) is 2.75. The number of aromatic nitrogens is 1. The van der Waals surface area contributed by atoms with Gasteiger partial charge in [0.15, 0.2) is 11.5 Å². The Labute approximate surface area is 137 Å². The molecule has 0 aliphatic heterocycles. The second-order valence-electron chi connectivity index (χ2n) is 4.60. The van der Waals surface area contributed by atoms with Gasteiger partial charge in [0.05, 0.1) is 18.2 Å². The molecule has 0 unspecified atom stereocenters. The molecule has 1 heterocycles. The van der Waals surface area contributed by atoms with E-state index in [1.54, 1.807) is 24.4 Å². The van der Waals surface area contributed by atoms with Crippen LogP contribution in [0.3, 0.4) is 0 Å². The summed E-state index contributed by atoms with van der Waals surface area (Å²) in [6.45, 7) is 4.33. The zero-order valence-corrected chi connectivity index (χ0v) is 14.2. The number of carbonyl (C=O) groups is 1. The van der Waals surface area contributed by atoms with Crippen molar-refractivity contribution >= 4 is 27.7 Å². The van der Waals surface area contributed by atoms with Crippen molar-refractivity contribution in [2.24, 2.45) is 0 Å². The number of rotatable bonds is 5. The van der Waals surface area contributed by atoms with Gasteiger partial charge >= 0.3 is 0 Å². The lowest BCUT2D eigenvalue weighted by Crippen LogP contribution is -2.13. The lowest BCUT2D eigenvalue weighted by atomic mass is 10.2. The van der Waals surface area contributed by atoms with Crippen LogP contribution in [-0.2, 0) is 0 Å². The van der Waals surface area contributed by atoms with Gasteiger partial charge < -0.3 is 14.8 Å². The second kappa shape index (κ2) is 7.26. The number of aryl methyl sites for hydroxylation is 1. The fourth-order valence-corrected chi connectivity index (χ4v) is 2.42. The number of anilines is 1. The van der Waals surface area contributed by atoms with Crippen molar-refractivity contribution in [3.8, 4) is 11.5 Å². The van der Waals surface area contributed by atoms with Crippen molar-refractivity contribution < 1.29 is 14.3 Å². The summed E-state index contributed by atoms with van der Waals surface area (Å²) in [6, 6.07) is 6.97. The van der Waals surface area contributed by atoms with Crippen molar-refractivity contribution in [1.82, 2.24) is 4.98 Å². The number of hydrogen-bond acceptors (Lipinski definition) is 4. The number of hydrogen-bond donors (Lipinski definition) is 1. The van der Waals surface area contributed by atoms with Crippen LogP contribution in [0.15, 0.2) is 34.9 Å². The number of ether oxygens (including phenoxy) is 2. The molecule has 22 heavy (non-hydrogen) atoms. The number of pyridine rings is 1. The molecule has 1 amide bonds. The lowest BCUT2D eigenvalue weighted by molar-refractivity contribution is 0.102. The van der Waals surface area contributed by atoms with Crippen molar-refractivity contribution in [2.45, 2.75) is 13.8 Å². The molecule has 0 atom stereocenters. The first kappa shape index (κ1) is 16.3. The largest absolute Gasteiger partial charge is 0.493 e. The Morgan fingerprint density at radius 2 is 2.14 bits per heavy atom. The average molecular weight is 365 g/mol. The smallest absolute Gasteiger partial charge is 0.256 e. The van der Waals surface area contributed by atoms with E-state index in [0.29, 0.717) is 34.0 Å². The zero-order chi connectivity index (χ0) is 16.1. The molecule has 0 bridgehead atoms. The molecular weight excluding hydrogens is 348 g/mol. The Hall–Kier alpha value is -2.08. The first-order valence-electron chi connectivity index (χ1n) is 6.79. The van der Waals surface area contributed by atoms with Gasteiger partial charge in [-0.25, -0.2) is 4.98 Å². The minimum atomic E-state index is -0.265. The van der Waals surface area contributed by atoms with Gasteiger partial charge in [-0.05, 0) is 53.5 Å². The van der Waals surface area contributed by atoms with Crippen LogP contribution < -0.4 is 14.8 Å². The highest BCUT2D eigenvalue weighted by Gasteiger charge is 2.15. The molecule has 0 aliphatic carbocycles. The summed E-state index contributed by atoms with van der Waals surface area (Å²) in [5.41, 5.74) is 1.48. The normalized spacial score (nSPS) is 10.2. The molecule has 2 rings (SSSR count). The van der Waals surface area contributed by atoms with E-state index < -0.39 is 0 Å². The summed E-state index contributed by atoms with van der Waals surface area (Å²) in [4.78, 5) is 16.5. The molecule has 0 saturated heterocycles. The third kappa shape index (κ3) is 3.76. The Kier molecular flexibility index (Phi) is 5.38. The van der Waals surface area contributed by atoms with Gasteiger partial charge in [0.25, 0.3) is 5.91 Å². The molecule has 116 valence electrons. The van der Waals surface area contributed by atoms with Gasteiger partial charge in [-0.3, -0.25) is 4.79 Å². The van der Waals surface area contributed by atoms with Gasteiger partial charge in [0, 0.05) is 11.8 Å². The molecule has 0 saturated carbocycles. The quantitative estimate of drug-likeness (QED) is 0.875. The summed E-state index contributed by atoms with van der Waals surface area (Å²) < 4.78 is 11.5. The van der Waals surface area contributed by atoms with Crippen LogP contribution in [0.2, 0.25) is 0 Å². The molecule has 6 heteroatoms. The lowest BCUT2D eigenvalue weighted by Gasteiger charge is -2.13. The van der Waals surface area contributed by atoms with Gasteiger partial charge in [0.2, 0.25) is 0 Å². The number of halogens is 1. The Morgan fingerprint density at radius 3 is 2.73 bits per heavy atom. The van der Waals surface area contributed by atoms with Gasteiger partial charge in [-0.15, -0.1) is 0 Å². The van der Waals surface area contributed by atoms with Crippen LogP contribution in [-0.4, -0.2) is 24.6 Å². The van der Waals surface area contributed by atoms with Crippen molar-refractivity contribution in [3.63, 3.8) is 0 Å². The van der Waals surface area contributed by atoms with Gasteiger partial charge in [0.1, 0.15) is 5.82 Å². The maximum atomic E-state index is 12.3. The van der Waals surface area contributed by atoms with Crippen LogP contribution in [0.1, 0.15) is 22.8 Å². The summed E-state index contributed by atoms with van der Waals surface area (Å²) in [7, 11) is 1.54. The number of nitrogens with zero attached hydrogens (tertiary/aromatic N) is 1. The van der Waals surface area contributed by atoms with E-state index >= 15 is 0 Å². The fraction of sp³-hybridized carbons (Fsp3) is 0.250. The van der Waals surface area contributed by atoms with E-state index in [1.807, 2.05) is 19.9 Å². The summed E-state index contributed by atoms with van der Waals surface area (Å²) in [5.74, 6) is 1.31. The highest BCUT2D eigenvalue weighted by molar-refractivity contribution is 9.10. The Balaban J connectivity index is 2.26. The molecule has 1 aromatic carbocycles. The average Bonchev–Trinajstić information content (AvgIpc) is 2.51. The van der Waals surface area contributed by atoms with Crippen LogP contribution in [0, 0.1) is 6.92 Å². The fourth-order valence-electron chi connectivity index (χ4n) is 1.87. The van der Waals surface area contributed by atoms with Crippen molar-refractivity contribution in [3.05, 3.63) is 46.1 Å². The number of carbonyl (C=O) groups excluding carboxylic acids is 1. The van der Waals surface area contributed by atoms with Crippen LogP contribution in [0.4, 0.5) is 5.82 Å². The topological polar surface area (TPSA) is 60.5 Å². The molecule has 2 aromatic rings. The Bertz CT molecular complexity index is 672. The van der Waals surface area contributed by atoms with E-state index in [1.165, 1.54) is 7.11 Å². The molecule has 1 N–H and O–H groups in total. The molecule has 5 nitrogen and oxygen atoms in total. The van der Waals surface area contributed by atoms with Gasteiger partial charge in [-0.2, -0.15) is 0 Å². The van der Waals surface area contributed by atoms with E-state index in [0.717, 1.165) is 5.56 Å². The highest BCUT2D eigenvalue weighted by Crippen LogP contribution is 2.36. The van der Waals surface area contributed by atoms with Crippen LogP contribution in [0.25, 0.3) is 0 Å². The number of methoxy groups -OCH3 is 1. The first-order valence-corrected chi connectivity index (χ1v) is 7.58. The number of amides is 1. The summed E-state index contributed by atoms with van der Waals surface area (Å²) >= 11 is 3.40. The second-order valence-corrected chi connectivity index (χ2v) is 5.45. The number of benzene rings is 1. The zero-order valence-electron chi connectivity index (χ0n) is 12.6. The third-order valence-corrected chi connectivity index (χ3v) is 3.52. The highest BCUT2D eigenvalue weighted by atomic mass is 79.9. The molecular formula is C16H17BrN2O3. The van der Waals surface area contributed by atoms with E-state index in [2.05, 4.69) is 26.2 Å². The molecule has 0 fully saturated rings. The minimum Gasteiger partial charge on any atom is -0.493 e. The molecule has 0 aliphatic rings. The SMILES string of the molecule is CCOc1c(Br)cc(C(=O)Nc2ccc(C)cn2)cc1OC. The van der Waals surface area contributed by atoms with Crippen LogP contribution in [0.5, 0.6) is 11.5 Å². The minimum absolute atomic E-state index is 0.265. The number of nitrogens with one attached hydrogen (secondary N) is 1. The van der Waals surface area contributed by atoms with E-state index in [9.17, 15) is 4.79 Å². The standard InChI is InChI=1S/C16H17BrN2O3/c1-4-22-15-12(17)7-11(8-13(15)21-3)16(20)19-14-6-5-10(2)9-18-14/h5-9H,4H2,1-3H3,(H,18,19,20). The van der Waals surface area contributed by atoms with E-state index in [-0.39, 0.29) is 5.91 Å². The van der Waals surface area contributed by atoms with Crippen LogP contribution >= 0.6 is 15.9 Å². The molecule has 0 spiro atoms. The predicted molar refractivity (Wildman–Crippen MR) is 88.8 cm³/mol. The molecule has 1 aromatic heterocycles. The Morgan fingerprint density at radius 1 is 1.36 bits per heavy atom. The van der Waals surface area contributed by atoms with Gasteiger partial charge in [-0.1, -0.05) is 6.07 Å². The van der Waals surface area contributed by atoms with Crippen molar-refractivity contribution in [1.29, 1.82) is 0 Å². The summed E-state index contributed by atoms with van der Waals surface area (Å²) in [6.07, 6.45) is 1.70.